The van der Waals surface area contributed by atoms with Crippen LogP contribution in [0, 0.1) is 0 Å². The van der Waals surface area contributed by atoms with E-state index in [-0.39, 0.29) is 5.75 Å². The fourth-order valence-electron chi connectivity index (χ4n) is 1.30. The molecule has 0 aliphatic heterocycles. The van der Waals surface area contributed by atoms with Crippen LogP contribution in [0.4, 0.5) is 0 Å². The number of rotatable bonds is 5. The van der Waals surface area contributed by atoms with Crippen LogP contribution >= 0.6 is 0 Å². The standard InChI is InChI=1S/C10H13NO3S/c1-2-10-6-3-4-7-11(10)8-5-9-15(12,13)14/h2-4,6-7H,1,5,8-9H2/p+1. The average molecular weight is 228 g/mol. The van der Waals surface area contributed by atoms with Gasteiger partial charge in [-0.3, -0.25) is 4.55 Å². The van der Waals surface area contributed by atoms with Gasteiger partial charge >= 0.3 is 0 Å². The zero-order valence-corrected chi connectivity index (χ0v) is 9.15. The molecule has 0 spiro atoms. The molecule has 0 aliphatic carbocycles. The molecule has 1 rings (SSSR count). The number of hydrogen-bond acceptors (Lipinski definition) is 2. The minimum absolute atomic E-state index is 0.217. The molecule has 0 radical (unpaired) electrons. The van der Waals surface area contributed by atoms with Crippen molar-refractivity contribution in [1.82, 2.24) is 0 Å². The summed E-state index contributed by atoms with van der Waals surface area (Å²) in [6.07, 6.45) is 3.93. The van der Waals surface area contributed by atoms with Crippen LogP contribution in [0.5, 0.6) is 0 Å². The molecule has 0 aliphatic rings. The summed E-state index contributed by atoms with van der Waals surface area (Å²) in [5, 5.41) is 0. The van der Waals surface area contributed by atoms with Crippen LogP contribution in [0.15, 0.2) is 31.0 Å². The van der Waals surface area contributed by atoms with Crippen LogP contribution in [0.3, 0.4) is 0 Å². The summed E-state index contributed by atoms with van der Waals surface area (Å²) in [4.78, 5) is 0. The molecule has 0 atom stereocenters. The van der Waals surface area contributed by atoms with Crippen molar-refractivity contribution >= 4 is 16.2 Å². The van der Waals surface area contributed by atoms with E-state index in [0.29, 0.717) is 13.0 Å². The molecular formula is C10H14NO3S+. The van der Waals surface area contributed by atoms with E-state index in [9.17, 15) is 8.42 Å². The first-order chi connectivity index (χ1) is 7.03. The fourth-order valence-corrected chi connectivity index (χ4v) is 1.79. The van der Waals surface area contributed by atoms with Gasteiger partial charge in [-0.15, -0.1) is 0 Å². The lowest BCUT2D eigenvalue weighted by Gasteiger charge is -1.99. The summed E-state index contributed by atoms with van der Waals surface area (Å²) in [5.41, 5.74) is 0.924. The third-order valence-electron chi connectivity index (χ3n) is 1.99. The largest absolute Gasteiger partial charge is 0.286 e. The summed E-state index contributed by atoms with van der Waals surface area (Å²) >= 11 is 0. The van der Waals surface area contributed by atoms with E-state index in [0.717, 1.165) is 5.69 Å². The first kappa shape index (κ1) is 11.9. The lowest BCUT2D eigenvalue weighted by atomic mass is 10.3. The van der Waals surface area contributed by atoms with Crippen LogP contribution in [0.1, 0.15) is 12.1 Å². The lowest BCUT2D eigenvalue weighted by molar-refractivity contribution is -0.698. The maximum absolute atomic E-state index is 10.5. The first-order valence-corrected chi connectivity index (χ1v) is 6.20. The molecule has 1 N–H and O–H groups in total. The Morgan fingerprint density at radius 2 is 2.20 bits per heavy atom. The summed E-state index contributed by atoms with van der Waals surface area (Å²) in [5.74, 6) is -0.217. The van der Waals surface area contributed by atoms with E-state index in [1.807, 2.05) is 29.0 Å². The van der Waals surface area contributed by atoms with Gasteiger partial charge in [-0.25, -0.2) is 0 Å². The third kappa shape index (κ3) is 4.22. The second-order valence-electron chi connectivity index (χ2n) is 3.16. The van der Waals surface area contributed by atoms with Crippen LogP contribution in [-0.4, -0.2) is 18.7 Å². The molecule has 0 bridgehead atoms. The fraction of sp³-hybridized carbons (Fsp3) is 0.300. The van der Waals surface area contributed by atoms with Crippen LogP contribution < -0.4 is 4.57 Å². The quantitative estimate of drug-likeness (QED) is 0.601. The summed E-state index contributed by atoms with van der Waals surface area (Å²) < 4.78 is 31.5. The summed E-state index contributed by atoms with van der Waals surface area (Å²) in [6, 6.07) is 5.64. The van der Waals surface area contributed by atoms with Crippen molar-refractivity contribution in [3.63, 3.8) is 0 Å². The van der Waals surface area contributed by atoms with Crippen LogP contribution in [0.25, 0.3) is 6.08 Å². The van der Waals surface area contributed by atoms with Gasteiger partial charge in [0.05, 0.1) is 5.75 Å². The highest BCUT2D eigenvalue weighted by Gasteiger charge is 2.09. The average Bonchev–Trinajstić information content (AvgIpc) is 2.16. The molecule has 0 aromatic carbocycles. The predicted octanol–water partition coefficient (Wildman–Crippen LogP) is 0.895. The van der Waals surface area contributed by atoms with E-state index >= 15 is 0 Å². The second kappa shape index (κ2) is 5.04. The van der Waals surface area contributed by atoms with E-state index in [1.54, 1.807) is 6.08 Å². The van der Waals surface area contributed by atoms with Gasteiger partial charge < -0.3 is 0 Å². The van der Waals surface area contributed by atoms with Gasteiger partial charge in [0.15, 0.2) is 6.20 Å². The van der Waals surface area contributed by atoms with Crippen molar-refractivity contribution in [2.24, 2.45) is 0 Å². The number of pyridine rings is 1. The van der Waals surface area contributed by atoms with Crippen molar-refractivity contribution in [2.75, 3.05) is 5.75 Å². The van der Waals surface area contributed by atoms with E-state index < -0.39 is 10.1 Å². The van der Waals surface area contributed by atoms with Crippen molar-refractivity contribution in [2.45, 2.75) is 13.0 Å². The highest BCUT2D eigenvalue weighted by molar-refractivity contribution is 7.85. The van der Waals surface area contributed by atoms with Crippen molar-refractivity contribution in [1.29, 1.82) is 0 Å². The highest BCUT2D eigenvalue weighted by Crippen LogP contribution is 1.95. The molecule has 4 nitrogen and oxygen atoms in total. The Morgan fingerprint density at radius 1 is 1.47 bits per heavy atom. The zero-order chi connectivity index (χ0) is 11.3. The minimum atomic E-state index is -3.85. The molecule has 1 aromatic rings. The molecule has 0 fully saturated rings. The Bertz CT molecular complexity index is 440. The summed E-state index contributed by atoms with van der Waals surface area (Å²) in [7, 11) is -3.85. The van der Waals surface area contributed by atoms with Crippen molar-refractivity contribution in [3.8, 4) is 0 Å². The maximum atomic E-state index is 10.5. The van der Waals surface area contributed by atoms with E-state index in [4.69, 9.17) is 4.55 Å². The van der Waals surface area contributed by atoms with Gasteiger partial charge in [-0.1, -0.05) is 6.58 Å². The zero-order valence-electron chi connectivity index (χ0n) is 8.33. The third-order valence-corrected chi connectivity index (χ3v) is 2.79. The Morgan fingerprint density at radius 3 is 2.80 bits per heavy atom. The van der Waals surface area contributed by atoms with Gasteiger partial charge in [0, 0.05) is 24.6 Å². The molecule has 0 saturated heterocycles. The molecule has 82 valence electrons. The normalized spacial score (nSPS) is 11.3. The number of aromatic nitrogens is 1. The summed E-state index contributed by atoms with van der Waals surface area (Å²) in [6.45, 7) is 4.20. The number of aryl methyl sites for hydroxylation is 1. The van der Waals surface area contributed by atoms with Gasteiger partial charge in [-0.2, -0.15) is 13.0 Å². The lowest BCUT2D eigenvalue weighted by Crippen LogP contribution is -2.37. The second-order valence-corrected chi connectivity index (χ2v) is 4.73. The molecule has 0 amide bonds. The van der Waals surface area contributed by atoms with Crippen molar-refractivity contribution in [3.05, 3.63) is 36.7 Å². The molecule has 5 heteroatoms. The molecule has 0 saturated carbocycles. The highest BCUT2D eigenvalue weighted by atomic mass is 32.2. The first-order valence-electron chi connectivity index (χ1n) is 4.59. The van der Waals surface area contributed by atoms with E-state index in [2.05, 4.69) is 6.58 Å². The Kier molecular flexibility index (Phi) is 3.99. The molecule has 1 heterocycles. The Balaban J connectivity index is 2.61. The Hall–Kier alpha value is -1.20. The van der Waals surface area contributed by atoms with Crippen molar-refractivity contribution < 1.29 is 17.5 Å². The molecule has 1 aromatic heterocycles. The molecule has 0 unspecified atom stereocenters. The van der Waals surface area contributed by atoms with Gasteiger partial charge in [0.2, 0.25) is 5.69 Å². The van der Waals surface area contributed by atoms with Gasteiger partial charge in [0.25, 0.3) is 10.1 Å². The maximum Gasteiger partial charge on any atom is 0.265 e. The monoisotopic (exact) mass is 228 g/mol. The topological polar surface area (TPSA) is 58.2 Å². The van der Waals surface area contributed by atoms with E-state index in [1.165, 1.54) is 0 Å². The Labute approximate surface area is 89.6 Å². The van der Waals surface area contributed by atoms with Gasteiger partial charge in [0.1, 0.15) is 6.54 Å². The number of hydrogen-bond donors (Lipinski definition) is 1. The van der Waals surface area contributed by atoms with Gasteiger partial charge in [-0.05, 0) is 6.07 Å². The number of nitrogens with zero attached hydrogens (tertiary/aromatic N) is 1. The predicted molar refractivity (Wildman–Crippen MR) is 57.8 cm³/mol. The SMILES string of the molecule is C=Cc1cccc[n+]1CCCS(=O)(=O)O. The van der Waals surface area contributed by atoms with Crippen LogP contribution in [0.2, 0.25) is 0 Å². The van der Waals surface area contributed by atoms with Crippen LogP contribution in [-0.2, 0) is 16.7 Å². The minimum Gasteiger partial charge on any atom is -0.286 e. The smallest absolute Gasteiger partial charge is 0.265 e. The molecule has 15 heavy (non-hydrogen) atoms. The molecular weight excluding hydrogens is 214 g/mol.